The summed E-state index contributed by atoms with van der Waals surface area (Å²) in [5.41, 5.74) is 8.22. The molecule has 0 aliphatic heterocycles. The summed E-state index contributed by atoms with van der Waals surface area (Å²) in [6, 6.07) is 20.3. The highest BCUT2D eigenvalue weighted by atomic mass is 32.2. The average molecular weight is 410 g/mol. The Morgan fingerprint density at radius 3 is 2.21 bits per heavy atom. The normalized spacial score (nSPS) is 11.1. The number of benzene rings is 3. The number of nitrogens with zero attached hydrogens (tertiary/aromatic N) is 1. The van der Waals surface area contributed by atoms with Gasteiger partial charge in [0.15, 0.2) is 0 Å². The fourth-order valence-electron chi connectivity index (χ4n) is 2.94. The Morgan fingerprint density at radius 2 is 1.59 bits per heavy atom. The zero-order chi connectivity index (χ0) is 21.0. The van der Waals surface area contributed by atoms with Crippen LogP contribution >= 0.6 is 0 Å². The van der Waals surface area contributed by atoms with Crippen LogP contribution in [0.25, 0.3) is 0 Å². The first-order valence-electron chi connectivity index (χ1n) is 8.91. The first-order valence-corrected chi connectivity index (χ1v) is 10.4. The van der Waals surface area contributed by atoms with E-state index in [0.29, 0.717) is 17.8 Å². The zero-order valence-corrected chi connectivity index (χ0v) is 17.0. The second kappa shape index (κ2) is 8.36. The van der Waals surface area contributed by atoms with Gasteiger partial charge >= 0.3 is 5.97 Å². The molecule has 3 rings (SSSR count). The Balaban J connectivity index is 1.79. The molecule has 0 aliphatic carbocycles. The van der Waals surface area contributed by atoms with Crippen LogP contribution in [0.2, 0.25) is 0 Å². The van der Waals surface area contributed by atoms with Crippen molar-refractivity contribution < 1.29 is 17.9 Å². The third kappa shape index (κ3) is 4.41. The molecular formula is C22H22N2O4S. The molecule has 0 spiro atoms. The lowest BCUT2D eigenvalue weighted by Gasteiger charge is -2.20. The van der Waals surface area contributed by atoms with Crippen molar-refractivity contribution in [1.29, 1.82) is 0 Å². The van der Waals surface area contributed by atoms with Crippen LogP contribution in [0.15, 0.2) is 82.6 Å². The number of ether oxygens (including phenoxy) is 1. The SMILES string of the molecule is COC(=O)c1cc(N(C)Cc2ccc(S(=O)(=O)c3ccccc3)cc2)ccc1N. The lowest BCUT2D eigenvalue weighted by atomic mass is 10.1. The molecule has 2 N–H and O–H groups in total. The molecule has 0 unspecified atom stereocenters. The van der Waals surface area contributed by atoms with E-state index in [0.717, 1.165) is 11.3 Å². The van der Waals surface area contributed by atoms with Gasteiger partial charge in [-0.15, -0.1) is 0 Å². The number of methoxy groups -OCH3 is 1. The fourth-order valence-corrected chi connectivity index (χ4v) is 4.23. The molecule has 0 saturated carbocycles. The Kier molecular flexibility index (Phi) is 5.89. The fraction of sp³-hybridized carbons (Fsp3) is 0.136. The van der Waals surface area contributed by atoms with Gasteiger partial charge in [0.2, 0.25) is 9.84 Å². The average Bonchev–Trinajstić information content (AvgIpc) is 2.74. The highest BCUT2D eigenvalue weighted by Gasteiger charge is 2.17. The Bertz CT molecular complexity index is 1110. The molecule has 0 atom stereocenters. The summed E-state index contributed by atoms with van der Waals surface area (Å²) in [6.45, 7) is 0.524. The molecule has 3 aromatic carbocycles. The van der Waals surface area contributed by atoms with Gasteiger partial charge in [-0.25, -0.2) is 13.2 Å². The monoisotopic (exact) mass is 410 g/mol. The molecule has 0 aromatic heterocycles. The van der Waals surface area contributed by atoms with Crippen LogP contribution in [0.4, 0.5) is 11.4 Å². The van der Waals surface area contributed by atoms with Crippen molar-refractivity contribution in [1.82, 2.24) is 0 Å². The maximum Gasteiger partial charge on any atom is 0.340 e. The van der Waals surface area contributed by atoms with Gasteiger partial charge in [0, 0.05) is 25.0 Å². The van der Waals surface area contributed by atoms with E-state index in [-0.39, 0.29) is 9.79 Å². The van der Waals surface area contributed by atoms with Crippen molar-refractivity contribution in [2.24, 2.45) is 0 Å². The molecule has 0 fully saturated rings. The third-order valence-corrected chi connectivity index (χ3v) is 6.38. The van der Waals surface area contributed by atoms with Crippen molar-refractivity contribution in [3.8, 4) is 0 Å². The van der Waals surface area contributed by atoms with E-state index in [1.807, 2.05) is 18.0 Å². The van der Waals surface area contributed by atoms with Crippen LogP contribution < -0.4 is 10.6 Å². The lowest BCUT2D eigenvalue weighted by Crippen LogP contribution is -2.17. The Hall–Kier alpha value is -3.32. The van der Waals surface area contributed by atoms with E-state index >= 15 is 0 Å². The van der Waals surface area contributed by atoms with Crippen molar-refractivity contribution in [2.75, 3.05) is 24.8 Å². The quantitative estimate of drug-likeness (QED) is 0.494. The molecule has 0 bridgehead atoms. The number of nitrogens with two attached hydrogens (primary N) is 1. The third-order valence-electron chi connectivity index (χ3n) is 4.59. The zero-order valence-electron chi connectivity index (χ0n) is 16.2. The molecule has 6 nitrogen and oxygen atoms in total. The van der Waals surface area contributed by atoms with Gasteiger partial charge in [-0.2, -0.15) is 0 Å². The van der Waals surface area contributed by atoms with Crippen molar-refractivity contribution >= 4 is 27.2 Å². The van der Waals surface area contributed by atoms with Crippen LogP contribution in [-0.4, -0.2) is 28.5 Å². The Morgan fingerprint density at radius 1 is 0.966 bits per heavy atom. The summed E-state index contributed by atoms with van der Waals surface area (Å²) in [7, 11) is -0.353. The number of carbonyl (C=O) groups is 1. The Labute approximate surface area is 170 Å². The molecule has 3 aromatic rings. The highest BCUT2D eigenvalue weighted by Crippen LogP contribution is 2.24. The number of nitrogen functional groups attached to an aromatic ring is 1. The van der Waals surface area contributed by atoms with Crippen LogP contribution in [0.3, 0.4) is 0 Å². The van der Waals surface area contributed by atoms with E-state index in [4.69, 9.17) is 10.5 Å². The van der Waals surface area contributed by atoms with E-state index in [1.165, 1.54) is 7.11 Å². The van der Waals surface area contributed by atoms with E-state index < -0.39 is 15.8 Å². The van der Waals surface area contributed by atoms with E-state index in [9.17, 15) is 13.2 Å². The van der Waals surface area contributed by atoms with Gasteiger partial charge in [0.05, 0.1) is 22.5 Å². The smallest absolute Gasteiger partial charge is 0.340 e. The molecule has 0 heterocycles. The number of hydrogen-bond donors (Lipinski definition) is 1. The number of anilines is 2. The maximum absolute atomic E-state index is 12.7. The highest BCUT2D eigenvalue weighted by molar-refractivity contribution is 7.91. The predicted molar refractivity (Wildman–Crippen MR) is 113 cm³/mol. The summed E-state index contributed by atoms with van der Waals surface area (Å²) in [5.74, 6) is -0.492. The van der Waals surface area contributed by atoms with Gasteiger partial charge in [-0.1, -0.05) is 30.3 Å². The minimum absolute atomic E-state index is 0.246. The van der Waals surface area contributed by atoms with Crippen molar-refractivity contribution in [2.45, 2.75) is 16.3 Å². The van der Waals surface area contributed by atoms with E-state index in [1.54, 1.807) is 66.7 Å². The first kappa shape index (κ1) is 20.4. The number of sulfone groups is 1. The number of rotatable bonds is 6. The topological polar surface area (TPSA) is 89.7 Å². The molecular weight excluding hydrogens is 388 g/mol. The van der Waals surface area contributed by atoms with Gasteiger partial charge in [-0.3, -0.25) is 0 Å². The van der Waals surface area contributed by atoms with Crippen LogP contribution in [0, 0.1) is 0 Å². The molecule has 7 heteroatoms. The van der Waals surface area contributed by atoms with E-state index in [2.05, 4.69) is 0 Å². The van der Waals surface area contributed by atoms with Gasteiger partial charge in [0.25, 0.3) is 0 Å². The van der Waals surface area contributed by atoms with Crippen LogP contribution in [-0.2, 0) is 21.1 Å². The number of carbonyl (C=O) groups excluding carboxylic acids is 1. The minimum atomic E-state index is -3.54. The molecule has 0 amide bonds. The molecule has 0 aliphatic rings. The number of esters is 1. The minimum Gasteiger partial charge on any atom is -0.465 e. The lowest BCUT2D eigenvalue weighted by molar-refractivity contribution is 0.0602. The van der Waals surface area contributed by atoms with Crippen LogP contribution in [0.5, 0.6) is 0 Å². The second-order valence-corrected chi connectivity index (χ2v) is 8.53. The standard InChI is InChI=1S/C22H22N2O4S/c1-24(17-10-13-21(23)20(14-17)22(25)28-2)15-16-8-11-19(12-9-16)29(26,27)18-6-4-3-5-7-18/h3-14H,15,23H2,1-2H3. The molecule has 29 heavy (non-hydrogen) atoms. The maximum atomic E-state index is 12.7. The summed E-state index contributed by atoms with van der Waals surface area (Å²) in [6.07, 6.45) is 0. The summed E-state index contributed by atoms with van der Waals surface area (Å²) in [4.78, 5) is 14.3. The summed E-state index contributed by atoms with van der Waals surface area (Å²) in [5, 5.41) is 0. The molecule has 150 valence electrons. The first-order chi connectivity index (χ1) is 13.8. The van der Waals surface area contributed by atoms with Crippen molar-refractivity contribution in [3.05, 3.63) is 83.9 Å². The van der Waals surface area contributed by atoms with Gasteiger partial charge < -0.3 is 15.4 Å². The number of hydrogen-bond acceptors (Lipinski definition) is 6. The molecule has 0 saturated heterocycles. The van der Waals surface area contributed by atoms with Crippen LogP contribution in [0.1, 0.15) is 15.9 Å². The summed E-state index contributed by atoms with van der Waals surface area (Å²) < 4.78 is 30.1. The van der Waals surface area contributed by atoms with Crippen molar-refractivity contribution in [3.63, 3.8) is 0 Å². The second-order valence-electron chi connectivity index (χ2n) is 6.58. The van der Waals surface area contributed by atoms with Gasteiger partial charge in [0.1, 0.15) is 0 Å². The largest absolute Gasteiger partial charge is 0.465 e. The van der Waals surface area contributed by atoms with Gasteiger partial charge in [-0.05, 0) is 48.0 Å². The molecule has 0 radical (unpaired) electrons. The predicted octanol–water partition coefficient (Wildman–Crippen LogP) is 3.52. The summed E-state index contributed by atoms with van der Waals surface area (Å²) >= 11 is 0.